The maximum absolute atomic E-state index is 13.3. The topological polar surface area (TPSA) is 209 Å². The second-order valence-electron chi connectivity index (χ2n) is 19.6. The maximum Gasteiger partial charge on any atom is 0.407 e. The van der Waals surface area contributed by atoms with E-state index in [4.69, 9.17) is 24.7 Å². The quantitative estimate of drug-likeness (QED) is 0.0526. The van der Waals surface area contributed by atoms with E-state index in [9.17, 15) is 22.8 Å². The molecule has 16 heteroatoms. The number of benzene rings is 1. The van der Waals surface area contributed by atoms with Gasteiger partial charge in [-0.3, -0.25) is 4.99 Å². The molecule has 0 aromatic heterocycles. The average Bonchev–Trinajstić information content (AvgIpc) is 3.35. The van der Waals surface area contributed by atoms with Gasteiger partial charge < -0.3 is 40.6 Å². The predicted molar refractivity (Wildman–Crippen MR) is 235 cm³/mol. The number of hydrogen-bond donors (Lipinski definition) is 5. The molecular weight excluding hydrogens is 777 g/mol. The predicted octanol–water partition coefficient (Wildman–Crippen LogP) is 8.09. The summed E-state index contributed by atoms with van der Waals surface area (Å²) in [6.45, 7) is 34.7. The van der Waals surface area contributed by atoms with E-state index in [2.05, 4.69) is 39.5 Å². The van der Waals surface area contributed by atoms with Gasteiger partial charge in [0.1, 0.15) is 28.2 Å². The van der Waals surface area contributed by atoms with E-state index in [1.165, 1.54) is 0 Å². The lowest BCUT2D eigenvalue weighted by atomic mass is 9.94. The number of nitrogens with zero attached hydrogens (tertiary/aromatic N) is 1. The normalized spacial score (nSPS) is 15.2. The summed E-state index contributed by atoms with van der Waals surface area (Å²) in [5.74, 6) is 1.01. The third kappa shape index (κ3) is 19.8. The van der Waals surface area contributed by atoms with E-state index >= 15 is 0 Å². The highest BCUT2D eigenvalue weighted by Gasteiger charge is 2.37. The number of amides is 3. The molecule has 1 heterocycles. The first-order valence-electron chi connectivity index (χ1n) is 20.7. The fourth-order valence-corrected chi connectivity index (χ4v) is 7.77. The zero-order valence-electron chi connectivity index (χ0n) is 39.4. The molecule has 1 aromatic carbocycles. The molecule has 0 aliphatic carbocycles. The van der Waals surface area contributed by atoms with Crippen molar-refractivity contribution < 1.29 is 41.7 Å². The SMILES string of the molecule is CC(C)C(CCCCNC(=O)OC(C)(C)C)NC(=O)OC(C)(C)C.Cc1c(C)c(S(=O)(=O)NC(N)=NCCC(NC(=O)OC(C)(C)C)C(C)C)c(C)c2c1OC(C)(C)C2. The maximum atomic E-state index is 13.3. The zero-order chi connectivity index (χ0) is 45.9. The van der Waals surface area contributed by atoms with Crippen LogP contribution < -0.4 is 31.1 Å². The van der Waals surface area contributed by atoms with Crippen molar-refractivity contribution in [1.29, 1.82) is 0 Å². The van der Waals surface area contributed by atoms with Gasteiger partial charge in [0, 0.05) is 37.2 Å². The molecule has 0 spiro atoms. The van der Waals surface area contributed by atoms with Crippen molar-refractivity contribution >= 4 is 34.3 Å². The molecule has 59 heavy (non-hydrogen) atoms. The second kappa shape index (κ2) is 21.5. The summed E-state index contributed by atoms with van der Waals surface area (Å²) in [4.78, 5) is 40.0. The second-order valence-corrected chi connectivity index (χ2v) is 21.2. The largest absolute Gasteiger partial charge is 0.487 e. The molecule has 15 nitrogen and oxygen atoms in total. The number of rotatable bonds is 14. The van der Waals surface area contributed by atoms with Crippen molar-refractivity contribution in [1.82, 2.24) is 20.7 Å². The van der Waals surface area contributed by atoms with E-state index in [1.54, 1.807) is 34.6 Å². The number of unbranched alkanes of at least 4 members (excludes halogenated alkanes) is 1. The van der Waals surface area contributed by atoms with Crippen LogP contribution in [0.4, 0.5) is 14.4 Å². The number of carbonyl (C=O) groups excluding carboxylic acids is 3. The molecule has 1 aliphatic rings. The highest BCUT2D eigenvalue weighted by atomic mass is 32.2. The fourth-order valence-electron chi connectivity index (χ4n) is 6.25. The van der Waals surface area contributed by atoms with Crippen molar-refractivity contribution in [3.63, 3.8) is 0 Å². The summed E-state index contributed by atoms with van der Waals surface area (Å²) in [6.07, 6.45) is 2.39. The molecule has 0 radical (unpaired) electrons. The lowest BCUT2D eigenvalue weighted by Gasteiger charge is -2.26. The van der Waals surface area contributed by atoms with Gasteiger partial charge in [-0.2, -0.15) is 0 Å². The van der Waals surface area contributed by atoms with Crippen molar-refractivity contribution in [2.45, 2.75) is 196 Å². The summed E-state index contributed by atoms with van der Waals surface area (Å²) >= 11 is 0. The molecule has 0 fully saturated rings. The number of nitrogens with two attached hydrogens (primary N) is 1. The van der Waals surface area contributed by atoms with Gasteiger partial charge in [-0.05, 0) is 151 Å². The minimum Gasteiger partial charge on any atom is -0.487 e. The van der Waals surface area contributed by atoms with Crippen molar-refractivity contribution in [3.05, 3.63) is 22.3 Å². The van der Waals surface area contributed by atoms with Gasteiger partial charge in [0.15, 0.2) is 0 Å². The lowest BCUT2D eigenvalue weighted by Crippen LogP contribution is -2.42. The molecule has 6 N–H and O–H groups in total. The zero-order valence-corrected chi connectivity index (χ0v) is 40.2. The van der Waals surface area contributed by atoms with E-state index < -0.39 is 39.0 Å². The molecule has 2 rings (SSSR count). The summed E-state index contributed by atoms with van der Waals surface area (Å²) in [7, 11) is -3.96. The number of sulfonamides is 1. The molecular formula is C43H78N6O9S. The molecule has 0 bridgehead atoms. The van der Waals surface area contributed by atoms with Crippen LogP contribution in [-0.2, 0) is 30.7 Å². The standard InChI is InChI=1S/C25H42N4O5S.C18H36N2O4/c1-14(2)19(28-23(30)34-24(6,7)8)11-12-27-22(26)29-35(31,32)21-16(4)15(3)20-18(17(21)5)13-25(9,10)33-20;1-13(2)14(20-16(22)24-18(6,7)8)11-9-10-12-19-15(21)23-17(3,4)5/h14,19H,11-13H2,1-10H3,(H,28,30)(H3,26,27,29);13-14H,9-12H2,1-8H3,(H,19,21)(H,20,22). The first-order chi connectivity index (χ1) is 26.6. The minimum atomic E-state index is -3.96. The van der Waals surface area contributed by atoms with Gasteiger partial charge in [0.25, 0.3) is 10.0 Å². The number of aliphatic imine (C=N–C) groups is 1. The molecule has 340 valence electrons. The lowest BCUT2D eigenvalue weighted by molar-refractivity contribution is 0.0475. The number of fused-ring (bicyclic) bond motifs is 1. The number of alkyl carbamates (subject to hydrolysis) is 3. The Morgan fingerprint density at radius 2 is 1.20 bits per heavy atom. The number of ether oxygens (including phenoxy) is 4. The Kier molecular flexibility index (Phi) is 19.4. The van der Waals surface area contributed by atoms with Gasteiger partial charge >= 0.3 is 18.3 Å². The fraction of sp³-hybridized carbons (Fsp3) is 0.767. The third-order valence-corrected chi connectivity index (χ3v) is 10.8. The molecule has 0 saturated heterocycles. The summed E-state index contributed by atoms with van der Waals surface area (Å²) < 4.78 is 50.9. The average molecular weight is 855 g/mol. The molecule has 0 saturated carbocycles. The Balaban J connectivity index is 0.000000636. The molecule has 1 aromatic rings. The van der Waals surface area contributed by atoms with Gasteiger partial charge in [0.2, 0.25) is 5.96 Å². The molecule has 2 atom stereocenters. The van der Waals surface area contributed by atoms with Gasteiger partial charge in [-0.15, -0.1) is 0 Å². The Hall–Kier alpha value is -3.95. The smallest absolute Gasteiger partial charge is 0.407 e. The van der Waals surface area contributed by atoms with E-state index in [-0.39, 0.29) is 47.1 Å². The highest BCUT2D eigenvalue weighted by molar-refractivity contribution is 7.90. The Bertz CT molecular complexity index is 1720. The molecule has 1 aliphatic heterocycles. The van der Waals surface area contributed by atoms with Crippen LogP contribution in [0.15, 0.2) is 9.89 Å². The molecule has 3 amide bonds. The van der Waals surface area contributed by atoms with Crippen LogP contribution in [0.25, 0.3) is 0 Å². The Morgan fingerprint density at radius 1 is 0.746 bits per heavy atom. The van der Waals surface area contributed by atoms with Crippen LogP contribution in [-0.4, -0.2) is 80.2 Å². The van der Waals surface area contributed by atoms with E-state index in [0.29, 0.717) is 36.4 Å². The minimum absolute atomic E-state index is 0.0568. The first-order valence-corrected chi connectivity index (χ1v) is 22.2. The summed E-state index contributed by atoms with van der Waals surface area (Å²) in [6, 6.07) is -0.147. The number of guanidine groups is 1. The first kappa shape index (κ1) is 53.1. The monoisotopic (exact) mass is 855 g/mol. The van der Waals surface area contributed by atoms with Gasteiger partial charge in [-0.1, -0.05) is 27.7 Å². The van der Waals surface area contributed by atoms with Crippen molar-refractivity contribution in [3.8, 4) is 5.75 Å². The Morgan fingerprint density at radius 3 is 1.66 bits per heavy atom. The van der Waals surface area contributed by atoms with Crippen LogP contribution in [0, 0.1) is 32.6 Å². The third-order valence-electron chi connectivity index (χ3n) is 9.15. The summed E-state index contributed by atoms with van der Waals surface area (Å²) in [5, 5.41) is 8.52. The highest BCUT2D eigenvalue weighted by Crippen LogP contribution is 2.43. The molecule has 2 unspecified atom stereocenters. The van der Waals surface area contributed by atoms with Crippen molar-refractivity contribution in [2.24, 2.45) is 22.6 Å². The van der Waals surface area contributed by atoms with Crippen LogP contribution in [0.2, 0.25) is 0 Å². The number of hydrogen-bond acceptors (Lipinski definition) is 10. The van der Waals surface area contributed by atoms with E-state index in [1.807, 2.05) is 76.2 Å². The van der Waals surface area contributed by atoms with Gasteiger partial charge in [0.05, 0.1) is 4.90 Å². The number of nitrogens with one attached hydrogen (secondary N) is 4. The van der Waals surface area contributed by atoms with Crippen LogP contribution >= 0.6 is 0 Å². The van der Waals surface area contributed by atoms with Gasteiger partial charge in [-0.25, -0.2) is 27.5 Å². The summed E-state index contributed by atoms with van der Waals surface area (Å²) in [5.41, 5.74) is 7.00. The van der Waals surface area contributed by atoms with E-state index in [0.717, 1.165) is 36.1 Å². The Labute approximate surface area is 355 Å². The number of carbonyl (C=O) groups is 3. The van der Waals surface area contributed by atoms with Crippen molar-refractivity contribution in [2.75, 3.05) is 13.1 Å². The van der Waals surface area contributed by atoms with Crippen LogP contribution in [0.3, 0.4) is 0 Å². The van der Waals surface area contributed by atoms with Crippen LogP contribution in [0.5, 0.6) is 5.75 Å². The van der Waals surface area contributed by atoms with Crippen LogP contribution in [0.1, 0.15) is 152 Å².